The number of nitrogens with zero attached hydrogens (tertiary/aromatic N) is 1. The summed E-state index contributed by atoms with van der Waals surface area (Å²) in [4.78, 5) is 18.7. The third kappa shape index (κ3) is 3.39. The third-order valence-electron chi connectivity index (χ3n) is 5.40. The van der Waals surface area contributed by atoms with E-state index in [0.29, 0.717) is 18.1 Å². The van der Waals surface area contributed by atoms with E-state index in [1.54, 1.807) is 0 Å². The van der Waals surface area contributed by atoms with E-state index in [1.165, 1.54) is 11.1 Å². The molecule has 1 aromatic carbocycles. The van der Waals surface area contributed by atoms with Crippen LogP contribution in [0.15, 0.2) is 35.1 Å². The van der Waals surface area contributed by atoms with E-state index < -0.39 is 0 Å². The van der Waals surface area contributed by atoms with E-state index in [1.807, 2.05) is 19.1 Å². The van der Waals surface area contributed by atoms with Gasteiger partial charge in [0.1, 0.15) is 11.6 Å². The molecule has 25 heavy (non-hydrogen) atoms. The number of aromatic amines is 1. The van der Waals surface area contributed by atoms with Gasteiger partial charge < -0.3 is 15.7 Å². The number of H-pyrrole nitrogens is 1. The average molecular weight is 340 g/mol. The van der Waals surface area contributed by atoms with Crippen molar-refractivity contribution >= 4 is 11.6 Å². The van der Waals surface area contributed by atoms with E-state index in [4.69, 9.17) is 0 Å². The van der Waals surface area contributed by atoms with E-state index in [0.717, 1.165) is 19.3 Å². The van der Waals surface area contributed by atoms with Crippen molar-refractivity contribution in [3.8, 4) is 0 Å². The van der Waals surface area contributed by atoms with Crippen molar-refractivity contribution in [2.45, 2.75) is 50.8 Å². The van der Waals surface area contributed by atoms with Gasteiger partial charge in [0.15, 0.2) is 0 Å². The van der Waals surface area contributed by atoms with Crippen molar-refractivity contribution in [2.24, 2.45) is 5.92 Å². The van der Waals surface area contributed by atoms with E-state index in [2.05, 4.69) is 38.8 Å². The normalized spacial score (nSPS) is 27.9. The molecule has 0 radical (unpaired) electrons. The Hall–Kier alpha value is -2.34. The van der Waals surface area contributed by atoms with Crippen LogP contribution in [0.25, 0.3) is 0 Å². The SMILES string of the molecule is C[C@H]1C[C@@H](Nc2cc(N[C@H]3CCc4ccccc43)nc(=O)[nH]2)C[C@@H]1O. The number of nitrogens with one attached hydrogen (secondary N) is 3. The summed E-state index contributed by atoms with van der Waals surface area (Å²) in [5.41, 5.74) is 2.27. The first-order chi connectivity index (χ1) is 12.1. The Kier molecular flexibility index (Phi) is 4.21. The molecule has 1 heterocycles. The van der Waals surface area contributed by atoms with Gasteiger partial charge in [0.2, 0.25) is 0 Å². The first-order valence-electron chi connectivity index (χ1n) is 8.99. The summed E-state index contributed by atoms with van der Waals surface area (Å²) in [5.74, 6) is 1.51. The molecular weight excluding hydrogens is 316 g/mol. The van der Waals surface area contributed by atoms with Crippen molar-refractivity contribution in [3.05, 3.63) is 51.9 Å². The van der Waals surface area contributed by atoms with Gasteiger partial charge in [-0.15, -0.1) is 0 Å². The topological polar surface area (TPSA) is 90.0 Å². The molecule has 4 N–H and O–H groups in total. The highest BCUT2D eigenvalue weighted by atomic mass is 16.3. The van der Waals surface area contributed by atoms with Crippen LogP contribution in [-0.2, 0) is 6.42 Å². The molecule has 0 aliphatic heterocycles. The highest BCUT2D eigenvalue weighted by molar-refractivity contribution is 5.50. The second kappa shape index (κ2) is 6.52. The Balaban J connectivity index is 1.50. The van der Waals surface area contributed by atoms with Crippen LogP contribution < -0.4 is 16.3 Å². The zero-order valence-electron chi connectivity index (χ0n) is 14.3. The lowest BCUT2D eigenvalue weighted by Gasteiger charge is -2.17. The minimum Gasteiger partial charge on any atom is -0.393 e. The zero-order chi connectivity index (χ0) is 17.4. The molecule has 0 unspecified atom stereocenters. The molecule has 0 amide bonds. The van der Waals surface area contributed by atoms with Crippen molar-refractivity contribution in [3.63, 3.8) is 0 Å². The summed E-state index contributed by atoms with van der Waals surface area (Å²) in [6, 6.07) is 10.6. The summed E-state index contributed by atoms with van der Waals surface area (Å²) in [5, 5.41) is 16.6. The number of benzene rings is 1. The van der Waals surface area contributed by atoms with Crippen molar-refractivity contribution < 1.29 is 5.11 Å². The van der Waals surface area contributed by atoms with Crippen LogP contribution in [0.5, 0.6) is 0 Å². The number of hydrogen-bond donors (Lipinski definition) is 4. The number of fused-ring (bicyclic) bond motifs is 1. The lowest BCUT2D eigenvalue weighted by atomic mass is 10.1. The number of aryl methyl sites for hydroxylation is 1. The Labute approximate surface area is 146 Å². The number of aliphatic hydroxyl groups excluding tert-OH is 1. The first kappa shape index (κ1) is 16.1. The van der Waals surface area contributed by atoms with E-state index in [9.17, 15) is 9.90 Å². The highest BCUT2D eigenvalue weighted by Crippen LogP contribution is 2.33. The Morgan fingerprint density at radius 2 is 2.08 bits per heavy atom. The summed E-state index contributed by atoms with van der Waals surface area (Å²) >= 11 is 0. The van der Waals surface area contributed by atoms with Crippen molar-refractivity contribution in [2.75, 3.05) is 10.6 Å². The molecule has 2 aliphatic carbocycles. The van der Waals surface area contributed by atoms with Gasteiger partial charge in [-0.3, -0.25) is 4.98 Å². The summed E-state index contributed by atoms with van der Waals surface area (Å²) in [6.45, 7) is 2.05. The van der Waals surface area contributed by atoms with E-state index in [-0.39, 0.29) is 29.8 Å². The van der Waals surface area contributed by atoms with Crippen molar-refractivity contribution in [1.29, 1.82) is 0 Å². The highest BCUT2D eigenvalue weighted by Gasteiger charge is 2.30. The van der Waals surface area contributed by atoms with Crippen LogP contribution in [0.4, 0.5) is 11.6 Å². The van der Waals surface area contributed by atoms with Crippen LogP contribution in [0, 0.1) is 5.92 Å². The lowest BCUT2D eigenvalue weighted by Crippen LogP contribution is -2.22. The summed E-state index contributed by atoms with van der Waals surface area (Å²) in [7, 11) is 0. The molecule has 1 saturated carbocycles. The minimum absolute atomic E-state index is 0.170. The van der Waals surface area contributed by atoms with Gasteiger partial charge in [-0.2, -0.15) is 4.98 Å². The fourth-order valence-corrected chi connectivity index (χ4v) is 4.06. The molecule has 4 rings (SSSR count). The molecule has 4 atom stereocenters. The molecule has 1 aromatic heterocycles. The predicted molar refractivity (Wildman–Crippen MR) is 97.8 cm³/mol. The van der Waals surface area contributed by atoms with Crippen molar-refractivity contribution in [1.82, 2.24) is 9.97 Å². The molecule has 132 valence electrons. The maximum atomic E-state index is 11.9. The zero-order valence-corrected chi connectivity index (χ0v) is 14.3. The molecular formula is C19H24N4O2. The van der Waals surface area contributed by atoms with Gasteiger partial charge in [0.25, 0.3) is 0 Å². The maximum absolute atomic E-state index is 11.9. The lowest BCUT2D eigenvalue weighted by molar-refractivity contribution is 0.141. The van der Waals surface area contributed by atoms with Crippen LogP contribution in [0.2, 0.25) is 0 Å². The smallest absolute Gasteiger partial charge is 0.348 e. The quantitative estimate of drug-likeness (QED) is 0.686. The number of hydrogen-bond acceptors (Lipinski definition) is 5. The van der Waals surface area contributed by atoms with E-state index >= 15 is 0 Å². The summed E-state index contributed by atoms with van der Waals surface area (Å²) in [6.07, 6.45) is 3.36. The van der Waals surface area contributed by atoms with Gasteiger partial charge in [0.05, 0.1) is 12.1 Å². The van der Waals surface area contributed by atoms with Crippen LogP contribution in [0.1, 0.15) is 43.4 Å². The second-order valence-electron chi connectivity index (χ2n) is 7.28. The second-order valence-corrected chi connectivity index (χ2v) is 7.28. The third-order valence-corrected chi connectivity index (χ3v) is 5.40. The predicted octanol–water partition coefficient (Wildman–Crippen LogP) is 2.44. The molecule has 0 saturated heterocycles. The van der Waals surface area contributed by atoms with Gasteiger partial charge in [-0.1, -0.05) is 31.2 Å². The summed E-state index contributed by atoms with van der Waals surface area (Å²) < 4.78 is 0. The monoisotopic (exact) mass is 340 g/mol. The Morgan fingerprint density at radius 1 is 1.24 bits per heavy atom. The first-order valence-corrected chi connectivity index (χ1v) is 8.99. The average Bonchev–Trinajstić information content (AvgIpc) is 3.11. The fraction of sp³-hybridized carbons (Fsp3) is 0.474. The molecule has 0 bridgehead atoms. The van der Waals surface area contributed by atoms with Crippen LogP contribution >= 0.6 is 0 Å². The van der Waals surface area contributed by atoms with Crippen LogP contribution in [0.3, 0.4) is 0 Å². The molecule has 6 nitrogen and oxygen atoms in total. The molecule has 1 fully saturated rings. The maximum Gasteiger partial charge on any atom is 0.348 e. The molecule has 6 heteroatoms. The van der Waals surface area contributed by atoms with Gasteiger partial charge in [-0.25, -0.2) is 4.79 Å². The Bertz CT molecular complexity index is 809. The Morgan fingerprint density at radius 3 is 2.88 bits per heavy atom. The van der Waals surface area contributed by atoms with Gasteiger partial charge in [-0.05, 0) is 42.7 Å². The van der Waals surface area contributed by atoms with Gasteiger partial charge in [0, 0.05) is 12.1 Å². The standard InChI is InChI=1S/C19H24N4O2/c1-11-8-13(9-16(11)24)20-17-10-18(23-19(25)22-17)21-15-7-6-12-4-2-3-5-14(12)15/h2-5,10-11,13,15-16,24H,6-9H2,1H3,(H3,20,21,22,23,25)/t11-,13+,15-,16-/m0/s1. The fourth-order valence-electron chi connectivity index (χ4n) is 4.06. The number of aromatic nitrogens is 2. The minimum atomic E-state index is -0.370. The largest absolute Gasteiger partial charge is 0.393 e. The molecule has 0 spiro atoms. The van der Waals surface area contributed by atoms with Gasteiger partial charge >= 0.3 is 5.69 Å². The van der Waals surface area contributed by atoms with Crippen LogP contribution in [-0.4, -0.2) is 27.2 Å². The molecule has 2 aromatic rings. The number of rotatable bonds is 4. The number of anilines is 2. The number of aliphatic hydroxyl groups is 1. The molecule has 2 aliphatic rings.